The molecule has 1 aromatic rings. The zero-order valence-corrected chi connectivity index (χ0v) is 10.8. The molecular formula is C14H17N3O2. The Morgan fingerprint density at radius 1 is 1.37 bits per heavy atom. The van der Waals surface area contributed by atoms with E-state index in [0.29, 0.717) is 6.04 Å². The third-order valence-corrected chi connectivity index (χ3v) is 4.20. The van der Waals surface area contributed by atoms with Crippen molar-refractivity contribution in [1.29, 1.82) is 0 Å². The summed E-state index contributed by atoms with van der Waals surface area (Å²) in [5, 5.41) is 3.35. The number of nitrogens with zero attached hydrogens (tertiary/aromatic N) is 2. The summed E-state index contributed by atoms with van der Waals surface area (Å²) in [6, 6.07) is 6.54. The highest BCUT2D eigenvalue weighted by Gasteiger charge is 2.39. The van der Waals surface area contributed by atoms with Crippen molar-refractivity contribution in [2.24, 2.45) is 0 Å². The second kappa shape index (κ2) is 4.13. The molecule has 4 rings (SSSR count). The molecule has 1 atom stereocenters. The smallest absolute Gasteiger partial charge is 0.324 e. The highest BCUT2D eigenvalue weighted by Crippen LogP contribution is 2.32. The van der Waals surface area contributed by atoms with Gasteiger partial charge < -0.3 is 15.0 Å². The highest BCUT2D eigenvalue weighted by molar-refractivity contribution is 5.95. The third kappa shape index (κ3) is 1.69. The summed E-state index contributed by atoms with van der Waals surface area (Å²) in [5.41, 5.74) is 2.22. The summed E-state index contributed by atoms with van der Waals surface area (Å²) in [6.07, 6.45) is 0.944. The van der Waals surface area contributed by atoms with Gasteiger partial charge in [-0.3, -0.25) is 4.90 Å². The van der Waals surface area contributed by atoms with E-state index >= 15 is 0 Å². The number of anilines is 1. The third-order valence-electron chi connectivity index (χ3n) is 4.20. The molecule has 0 saturated carbocycles. The zero-order valence-electron chi connectivity index (χ0n) is 10.8. The van der Waals surface area contributed by atoms with E-state index in [9.17, 15) is 4.79 Å². The maximum atomic E-state index is 12.4. The maximum absolute atomic E-state index is 12.4. The lowest BCUT2D eigenvalue weighted by Crippen LogP contribution is -2.49. The second-order valence-electron chi connectivity index (χ2n) is 5.34. The quantitative estimate of drug-likeness (QED) is 0.812. The summed E-state index contributed by atoms with van der Waals surface area (Å²) < 4.78 is 5.51. The minimum atomic E-state index is 0.144. The van der Waals surface area contributed by atoms with Gasteiger partial charge in [0.25, 0.3) is 0 Å². The van der Waals surface area contributed by atoms with E-state index in [-0.39, 0.29) is 6.03 Å². The van der Waals surface area contributed by atoms with Crippen LogP contribution in [0.1, 0.15) is 5.56 Å². The number of urea groups is 1. The molecule has 5 nitrogen and oxygen atoms in total. The molecule has 0 spiro atoms. The van der Waals surface area contributed by atoms with Crippen LogP contribution in [0.25, 0.3) is 0 Å². The van der Waals surface area contributed by atoms with Crippen LogP contribution in [0.5, 0.6) is 5.75 Å². The molecule has 2 fully saturated rings. The Hall–Kier alpha value is -1.75. The molecule has 1 unspecified atom stereocenters. The first-order chi connectivity index (χ1) is 9.33. The van der Waals surface area contributed by atoms with E-state index in [2.05, 4.69) is 11.4 Å². The maximum Gasteiger partial charge on any atom is 0.324 e. The number of ether oxygens (including phenoxy) is 1. The van der Waals surface area contributed by atoms with E-state index in [1.807, 2.05) is 21.9 Å². The van der Waals surface area contributed by atoms with Crippen molar-refractivity contribution in [3.63, 3.8) is 0 Å². The van der Waals surface area contributed by atoms with Crippen LogP contribution >= 0.6 is 0 Å². The van der Waals surface area contributed by atoms with Gasteiger partial charge in [0.15, 0.2) is 0 Å². The number of hydrogen-bond acceptors (Lipinski definition) is 3. The van der Waals surface area contributed by atoms with Gasteiger partial charge in [-0.1, -0.05) is 0 Å². The lowest BCUT2D eigenvalue weighted by molar-refractivity contribution is 0.193. The molecule has 0 aromatic heterocycles. The van der Waals surface area contributed by atoms with Crippen LogP contribution in [0.3, 0.4) is 0 Å². The number of hydrogen-bond donors (Lipinski definition) is 1. The molecule has 2 amide bonds. The number of carbonyl (C=O) groups excluding carboxylic acids is 1. The Balaban J connectivity index is 1.64. The first kappa shape index (κ1) is 11.1. The molecule has 0 radical (unpaired) electrons. The van der Waals surface area contributed by atoms with Crippen LogP contribution in [-0.2, 0) is 6.42 Å². The van der Waals surface area contributed by atoms with Gasteiger partial charge in [-0.05, 0) is 23.8 Å². The van der Waals surface area contributed by atoms with Crippen LogP contribution in [0, 0.1) is 0 Å². The SMILES string of the molecule is O=C1N(c2ccc3c(c2)CCO3)CC2CNCCN12. The van der Waals surface area contributed by atoms with Crippen molar-refractivity contribution in [1.82, 2.24) is 10.2 Å². The van der Waals surface area contributed by atoms with Gasteiger partial charge >= 0.3 is 6.03 Å². The average molecular weight is 259 g/mol. The normalized spacial score (nSPS) is 25.3. The fourth-order valence-electron chi connectivity index (χ4n) is 3.18. The average Bonchev–Trinajstić information content (AvgIpc) is 3.03. The minimum absolute atomic E-state index is 0.144. The zero-order chi connectivity index (χ0) is 12.8. The monoisotopic (exact) mass is 259 g/mol. The van der Waals surface area contributed by atoms with Crippen LogP contribution in [0.2, 0.25) is 0 Å². The van der Waals surface area contributed by atoms with E-state index in [1.54, 1.807) is 0 Å². The Morgan fingerprint density at radius 3 is 3.21 bits per heavy atom. The van der Waals surface area contributed by atoms with E-state index in [1.165, 1.54) is 5.56 Å². The fourth-order valence-corrected chi connectivity index (χ4v) is 3.18. The van der Waals surface area contributed by atoms with Crippen molar-refractivity contribution >= 4 is 11.7 Å². The standard InChI is InChI=1S/C14H17N3O2/c18-14-16-5-4-15-8-12(16)9-17(14)11-1-2-13-10(7-11)3-6-19-13/h1-2,7,12,15H,3-6,8-9H2. The molecule has 1 aromatic carbocycles. The molecule has 5 heteroatoms. The van der Waals surface area contributed by atoms with Crippen molar-refractivity contribution in [2.75, 3.05) is 37.7 Å². The van der Waals surface area contributed by atoms with E-state index in [4.69, 9.17) is 4.74 Å². The second-order valence-corrected chi connectivity index (χ2v) is 5.34. The molecule has 1 N–H and O–H groups in total. The Morgan fingerprint density at radius 2 is 2.32 bits per heavy atom. The number of nitrogens with one attached hydrogen (secondary N) is 1. The van der Waals surface area contributed by atoms with Crippen LogP contribution in [-0.4, -0.2) is 49.8 Å². The van der Waals surface area contributed by atoms with Gasteiger partial charge in [0, 0.05) is 38.3 Å². The van der Waals surface area contributed by atoms with Crippen LogP contribution < -0.4 is 15.0 Å². The summed E-state index contributed by atoms with van der Waals surface area (Å²) in [7, 11) is 0. The summed E-state index contributed by atoms with van der Waals surface area (Å²) in [6.45, 7) is 4.15. The highest BCUT2D eigenvalue weighted by atomic mass is 16.5. The van der Waals surface area contributed by atoms with Crippen LogP contribution in [0.15, 0.2) is 18.2 Å². The first-order valence-electron chi connectivity index (χ1n) is 6.87. The van der Waals surface area contributed by atoms with E-state index in [0.717, 1.165) is 50.6 Å². The largest absolute Gasteiger partial charge is 0.493 e. The summed E-state index contributed by atoms with van der Waals surface area (Å²) >= 11 is 0. The number of carbonyl (C=O) groups is 1. The molecule has 3 aliphatic rings. The number of benzene rings is 1. The van der Waals surface area contributed by atoms with Gasteiger partial charge in [0.05, 0.1) is 12.6 Å². The number of piperazine rings is 1. The molecule has 100 valence electrons. The van der Waals surface area contributed by atoms with Crippen LogP contribution in [0.4, 0.5) is 10.5 Å². The van der Waals surface area contributed by atoms with Crippen molar-refractivity contribution < 1.29 is 9.53 Å². The van der Waals surface area contributed by atoms with Gasteiger partial charge in [-0.15, -0.1) is 0 Å². The Bertz CT molecular complexity index is 531. The molecule has 0 aliphatic carbocycles. The Labute approximate surface area is 112 Å². The topological polar surface area (TPSA) is 44.8 Å². The summed E-state index contributed by atoms with van der Waals surface area (Å²) in [4.78, 5) is 16.3. The number of fused-ring (bicyclic) bond motifs is 2. The van der Waals surface area contributed by atoms with Gasteiger partial charge in [0.1, 0.15) is 5.75 Å². The van der Waals surface area contributed by atoms with Crippen molar-refractivity contribution in [3.8, 4) is 5.75 Å². The van der Waals surface area contributed by atoms with Gasteiger partial charge in [-0.25, -0.2) is 4.79 Å². The number of rotatable bonds is 1. The minimum Gasteiger partial charge on any atom is -0.493 e. The lowest BCUT2D eigenvalue weighted by Gasteiger charge is -2.28. The van der Waals surface area contributed by atoms with Crippen molar-refractivity contribution in [3.05, 3.63) is 23.8 Å². The Kier molecular flexibility index (Phi) is 2.41. The summed E-state index contributed by atoms with van der Waals surface area (Å²) in [5.74, 6) is 0.967. The van der Waals surface area contributed by atoms with Gasteiger partial charge in [-0.2, -0.15) is 0 Å². The number of amides is 2. The fraction of sp³-hybridized carbons (Fsp3) is 0.500. The lowest BCUT2D eigenvalue weighted by atomic mass is 10.1. The predicted octanol–water partition coefficient (Wildman–Crippen LogP) is 0.835. The molecule has 0 bridgehead atoms. The predicted molar refractivity (Wildman–Crippen MR) is 71.7 cm³/mol. The molecule has 3 heterocycles. The molecule has 2 saturated heterocycles. The van der Waals surface area contributed by atoms with Gasteiger partial charge in [0.2, 0.25) is 0 Å². The van der Waals surface area contributed by atoms with Crippen molar-refractivity contribution in [2.45, 2.75) is 12.5 Å². The van der Waals surface area contributed by atoms with E-state index < -0.39 is 0 Å². The first-order valence-corrected chi connectivity index (χ1v) is 6.87. The molecular weight excluding hydrogens is 242 g/mol. The molecule has 3 aliphatic heterocycles. The molecule has 19 heavy (non-hydrogen) atoms.